The van der Waals surface area contributed by atoms with Gasteiger partial charge in [-0.1, -0.05) is 6.07 Å². The lowest BCUT2D eigenvalue weighted by molar-refractivity contribution is -0.137. The lowest BCUT2D eigenvalue weighted by Gasteiger charge is -2.13. The molecule has 0 amide bonds. The van der Waals surface area contributed by atoms with Crippen molar-refractivity contribution in [2.24, 2.45) is 7.05 Å². The topological polar surface area (TPSA) is 94.8 Å². The fourth-order valence-electron chi connectivity index (χ4n) is 3.76. The zero-order chi connectivity index (χ0) is 25.3. The van der Waals surface area contributed by atoms with Crippen molar-refractivity contribution in [3.63, 3.8) is 0 Å². The first-order valence-corrected chi connectivity index (χ1v) is 10.4. The summed E-state index contributed by atoms with van der Waals surface area (Å²) in [6.45, 7) is 1.57. The monoisotopic (exact) mass is 481 g/mol. The maximum atomic E-state index is 13.4. The van der Waals surface area contributed by atoms with Gasteiger partial charge in [-0.2, -0.15) is 23.5 Å². The Morgan fingerprint density at radius 1 is 1.11 bits per heavy atom. The minimum Gasteiger partial charge on any atom is -0.462 e. The molecule has 2 heterocycles. The van der Waals surface area contributed by atoms with E-state index in [1.165, 1.54) is 34.7 Å². The summed E-state index contributed by atoms with van der Waals surface area (Å²) in [5, 5.41) is 13.3. The van der Waals surface area contributed by atoms with E-state index < -0.39 is 23.3 Å². The number of halogens is 3. The average molecular weight is 481 g/mol. The van der Waals surface area contributed by atoms with Crippen LogP contribution in [0.1, 0.15) is 28.4 Å². The van der Waals surface area contributed by atoms with Crippen molar-refractivity contribution in [3.05, 3.63) is 87.8 Å². The second-order valence-corrected chi connectivity index (χ2v) is 7.42. The Morgan fingerprint density at radius 2 is 1.83 bits per heavy atom. The van der Waals surface area contributed by atoms with Crippen LogP contribution in [0.2, 0.25) is 0 Å². The van der Waals surface area contributed by atoms with Crippen molar-refractivity contribution >= 4 is 5.97 Å². The van der Waals surface area contributed by atoms with Gasteiger partial charge in [0.05, 0.1) is 47.1 Å². The number of nitriles is 1. The smallest absolute Gasteiger partial charge is 0.416 e. The van der Waals surface area contributed by atoms with Crippen molar-refractivity contribution in [3.8, 4) is 28.8 Å². The third-order valence-electron chi connectivity index (χ3n) is 5.29. The lowest BCUT2D eigenvalue weighted by atomic mass is 10.1. The Labute approximate surface area is 197 Å². The molecule has 0 fully saturated rings. The number of carbonyl (C=O) groups is 1. The molecule has 0 bridgehead atoms. The lowest BCUT2D eigenvalue weighted by Crippen LogP contribution is -2.23. The van der Waals surface area contributed by atoms with Gasteiger partial charge in [-0.15, -0.1) is 0 Å². The molecule has 0 atom stereocenters. The summed E-state index contributed by atoms with van der Waals surface area (Å²) in [7, 11) is 1.45. The fraction of sp³-hybridized carbons (Fsp3) is 0.167. The van der Waals surface area contributed by atoms with E-state index in [2.05, 4.69) is 5.10 Å². The Kier molecular flexibility index (Phi) is 6.05. The van der Waals surface area contributed by atoms with Crippen molar-refractivity contribution < 1.29 is 22.7 Å². The summed E-state index contributed by atoms with van der Waals surface area (Å²) >= 11 is 0. The first kappa shape index (κ1) is 23.6. The van der Waals surface area contributed by atoms with E-state index in [0.717, 1.165) is 16.8 Å². The number of nitrogens with zero attached hydrogens (tertiary/aromatic N) is 5. The van der Waals surface area contributed by atoms with E-state index in [1.54, 1.807) is 37.3 Å². The number of aromatic nitrogens is 4. The fourth-order valence-corrected chi connectivity index (χ4v) is 3.76. The number of alkyl halides is 3. The van der Waals surface area contributed by atoms with Gasteiger partial charge < -0.3 is 4.74 Å². The molecule has 11 heteroatoms. The summed E-state index contributed by atoms with van der Waals surface area (Å²) in [5.41, 5.74) is -0.805. The third kappa shape index (κ3) is 4.21. The van der Waals surface area contributed by atoms with Gasteiger partial charge in [-0.25, -0.2) is 14.2 Å². The molecule has 0 saturated carbocycles. The third-order valence-corrected chi connectivity index (χ3v) is 5.29. The molecule has 0 aliphatic heterocycles. The maximum absolute atomic E-state index is 13.4. The van der Waals surface area contributed by atoms with Crippen molar-refractivity contribution in [2.45, 2.75) is 13.1 Å². The van der Waals surface area contributed by atoms with E-state index in [4.69, 9.17) is 10.00 Å². The summed E-state index contributed by atoms with van der Waals surface area (Å²) in [5.74, 6) is -0.915. The van der Waals surface area contributed by atoms with Gasteiger partial charge in [-0.3, -0.25) is 9.48 Å². The molecule has 4 aromatic rings. The molecule has 0 N–H and O–H groups in total. The zero-order valence-corrected chi connectivity index (χ0v) is 18.6. The first-order valence-electron chi connectivity index (χ1n) is 10.4. The average Bonchev–Trinajstić information content (AvgIpc) is 3.40. The number of hydrogen-bond donors (Lipinski definition) is 0. The Balaban J connectivity index is 1.98. The number of ether oxygens (including phenoxy) is 1. The summed E-state index contributed by atoms with van der Waals surface area (Å²) in [4.78, 5) is 26.3. The largest absolute Gasteiger partial charge is 0.462 e. The van der Waals surface area contributed by atoms with Gasteiger partial charge in [0.1, 0.15) is 5.69 Å². The van der Waals surface area contributed by atoms with Crippen LogP contribution in [-0.2, 0) is 18.0 Å². The Hall–Kier alpha value is -4.59. The van der Waals surface area contributed by atoms with Crippen LogP contribution in [0.4, 0.5) is 13.2 Å². The van der Waals surface area contributed by atoms with Crippen molar-refractivity contribution in [2.75, 3.05) is 6.61 Å². The molecule has 8 nitrogen and oxygen atoms in total. The van der Waals surface area contributed by atoms with E-state index >= 15 is 0 Å². The first-order chi connectivity index (χ1) is 16.7. The van der Waals surface area contributed by atoms with Gasteiger partial charge in [0.25, 0.3) is 5.56 Å². The highest BCUT2D eigenvalue weighted by Gasteiger charge is 2.32. The van der Waals surface area contributed by atoms with Crippen molar-refractivity contribution in [1.82, 2.24) is 19.1 Å². The minimum absolute atomic E-state index is 0.00888. The molecular formula is C24H18F3N5O3. The molecule has 0 radical (unpaired) electrons. The van der Waals surface area contributed by atoms with Gasteiger partial charge in [0.15, 0.2) is 5.56 Å². The molecule has 178 valence electrons. The van der Waals surface area contributed by atoms with Crippen LogP contribution in [-0.4, -0.2) is 31.7 Å². The number of rotatable bonds is 5. The van der Waals surface area contributed by atoms with E-state index in [1.807, 2.05) is 6.07 Å². The molecular weight excluding hydrogens is 463 g/mol. The van der Waals surface area contributed by atoms with Gasteiger partial charge in [-0.05, 0) is 55.5 Å². The predicted molar refractivity (Wildman–Crippen MR) is 119 cm³/mol. The summed E-state index contributed by atoms with van der Waals surface area (Å²) in [6.07, 6.45) is -3.17. The highest BCUT2D eigenvalue weighted by Crippen LogP contribution is 2.31. The normalized spacial score (nSPS) is 11.3. The maximum Gasteiger partial charge on any atom is 0.416 e. The van der Waals surface area contributed by atoms with Crippen LogP contribution in [0.15, 0.2) is 65.6 Å². The number of carbonyl (C=O) groups excluding carboxylic acids is 1. The minimum atomic E-state index is -4.62. The molecule has 35 heavy (non-hydrogen) atoms. The number of hydrogen-bond acceptors (Lipinski definition) is 5. The quantitative estimate of drug-likeness (QED) is 0.400. The standard InChI is InChI=1S/C24H18F3N5O3/c1-3-35-23(34)20-21(19-11-12-29-31(19)17-9-7-15(14-28)8-10-17)30(2)32(22(20)33)18-6-4-5-16(13-18)24(25,26)27/h4-13H,3H2,1-2H3. The van der Waals surface area contributed by atoms with Gasteiger partial charge in [0.2, 0.25) is 0 Å². The van der Waals surface area contributed by atoms with E-state index in [9.17, 15) is 22.8 Å². The van der Waals surface area contributed by atoms with E-state index in [-0.39, 0.29) is 23.6 Å². The summed E-state index contributed by atoms with van der Waals surface area (Å²) < 4.78 is 48.8. The van der Waals surface area contributed by atoms with Gasteiger partial charge >= 0.3 is 12.1 Å². The highest BCUT2D eigenvalue weighted by atomic mass is 19.4. The highest BCUT2D eigenvalue weighted by molar-refractivity contribution is 5.96. The molecule has 2 aromatic carbocycles. The second kappa shape index (κ2) is 8.98. The molecule has 0 unspecified atom stereocenters. The molecule has 0 saturated heterocycles. The van der Waals surface area contributed by atoms with Crippen LogP contribution < -0.4 is 5.56 Å². The second-order valence-electron chi connectivity index (χ2n) is 7.42. The molecule has 2 aromatic heterocycles. The van der Waals surface area contributed by atoms with Crippen LogP contribution in [0.3, 0.4) is 0 Å². The Morgan fingerprint density at radius 3 is 2.46 bits per heavy atom. The van der Waals surface area contributed by atoms with Crippen LogP contribution in [0.5, 0.6) is 0 Å². The molecule has 4 rings (SSSR count). The number of esters is 1. The molecule has 0 aliphatic carbocycles. The zero-order valence-electron chi connectivity index (χ0n) is 18.6. The van der Waals surface area contributed by atoms with Crippen LogP contribution in [0.25, 0.3) is 22.8 Å². The van der Waals surface area contributed by atoms with Gasteiger partial charge in [0, 0.05) is 7.05 Å². The number of benzene rings is 2. The summed E-state index contributed by atoms with van der Waals surface area (Å²) in [6, 6.07) is 14.3. The SMILES string of the molecule is CCOC(=O)c1c(-c2ccnn2-c2ccc(C#N)cc2)n(C)n(-c2cccc(C(F)(F)F)c2)c1=O. The molecule has 0 aliphatic rings. The van der Waals surface area contributed by atoms with E-state index in [0.29, 0.717) is 16.9 Å². The van der Waals surface area contributed by atoms with Crippen LogP contribution >= 0.6 is 0 Å². The van der Waals surface area contributed by atoms with Crippen LogP contribution in [0, 0.1) is 11.3 Å². The molecule has 0 spiro atoms. The predicted octanol–water partition coefficient (Wildman–Crippen LogP) is 4.10. The Bertz CT molecular complexity index is 1510. The van der Waals surface area contributed by atoms with Crippen molar-refractivity contribution in [1.29, 1.82) is 5.26 Å².